The van der Waals surface area contributed by atoms with Gasteiger partial charge in [0, 0.05) is 45.2 Å². The predicted octanol–water partition coefficient (Wildman–Crippen LogP) is 3.69. The molecule has 0 aliphatic carbocycles. The van der Waals surface area contributed by atoms with E-state index >= 15 is 0 Å². The number of likely N-dealkylation sites (tertiary alicyclic amines) is 1. The van der Waals surface area contributed by atoms with Gasteiger partial charge in [0.15, 0.2) is 0 Å². The number of hydrogen-bond donors (Lipinski definition) is 1. The number of carbonyl (C=O) groups is 2. The fourth-order valence-corrected chi connectivity index (χ4v) is 4.67. The Morgan fingerprint density at radius 2 is 1.91 bits per heavy atom. The molecule has 2 aliphatic heterocycles. The number of nitrogens with zero attached hydrogens (tertiary/aromatic N) is 3. The van der Waals surface area contributed by atoms with Gasteiger partial charge >= 0.3 is 0 Å². The molecule has 2 fully saturated rings. The first-order valence-corrected chi connectivity index (χ1v) is 12.1. The molecule has 2 aliphatic rings. The molecule has 32 heavy (non-hydrogen) atoms. The second-order valence-electron chi connectivity index (χ2n) is 9.05. The molecule has 6 nitrogen and oxygen atoms in total. The van der Waals surface area contributed by atoms with E-state index in [4.69, 9.17) is 23.2 Å². The molecule has 2 saturated heterocycles. The topological polar surface area (TPSA) is 64.1 Å². The van der Waals surface area contributed by atoms with Gasteiger partial charge in [-0.2, -0.15) is 0 Å². The van der Waals surface area contributed by atoms with E-state index in [1.807, 2.05) is 11.8 Å². The number of unbranched alkanes of at least 4 members (excludes halogenated alkanes) is 1. The lowest BCUT2D eigenvalue weighted by Gasteiger charge is -2.36. The van der Waals surface area contributed by atoms with Crippen LogP contribution in [0.3, 0.4) is 0 Å². The van der Waals surface area contributed by atoms with Crippen molar-refractivity contribution in [3.05, 3.63) is 39.9 Å². The summed E-state index contributed by atoms with van der Waals surface area (Å²) < 4.78 is 0. The molecular formula is C24H33Cl2N3O3. The molecule has 1 aromatic carbocycles. The van der Waals surface area contributed by atoms with E-state index in [0.29, 0.717) is 42.6 Å². The lowest BCUT2D eigenvalue weighted by atomic mass is 9.95. The Bertz CT molecular complexity index is 844. The van der Waals surface area contributed by atoms with E-state index in [1.54, 1.807) is 29.2 Å². The minimum absolute atomic E-state index is 0.106. The van der Waals surface area contributed by atoms with Gasteiger partial charge in [-0.1, -0.05) is 29.3 Å². The SMILES string of the molecule is CC1(O)CCCN(CCCCN2CCN(C(=O)/C=C/c3ccc(Cl)c(Cl)c3)CCC2=O)C1. The molecule has 1 unspecified atom stereocenters. The van der Waals surface area contributed by atoms with E-state index in [-0.39, 0.29) is 11.8 Å². The molecule has 2 heterocycles. The number of carbonyl (C=O) groups excluding carboxylic acids is 2. The highest BCUT2D eigenvalue weighted by Gasteiger charge is 2.28. The van der Waals surface area contributed by atoms with Gasteiger partial charge in [-0.3, -0.25) is 9.59 Å². The van der Waals surface area contributed by atoms with Crippen LogP contribution >= 0.6 is 23.2 Å². The molecule has 0 saturated carbocycles. The van der Waals surface area contributed by atoms with Crippen LogP contribution in [0, 0.1) is 0 Å². The summed E-state index contributed by atoms with van der Waals surface area (Å²) in [6.45, 7) is 6.85. The molecule has 1 N–H and O–H groups in total. The van der Waals surface area contributed by atoms with E-state index in [0.717, 1.165) is 50.9 Å². The summed E-state index contributed by atoms with van der Waals surface area (Å²) in [5.74, 6) is -0.00228. The minimum atomic E-state index is -0.580. The van der Waals surface area contributed by atoms with Crippen molar-refractivity contribution in [1.82, 2.24) is 14.7 Å². The number of β-amino-alcohol motifs (C(OH)–C–C–N with tert-alkyl or cyclic N) is 1. The van der Waals surface area contributed by atoms with E-state index in [2.05, 4.69) is 4.90 Å². The Balaban J connectivity index is 1.42. The number of aliphatic hydroxyl groups is 1. The standard InChI is InChI=1S/C24H33Cl2N3O3/c1-24(32)10-4-12-27(18-24)11-2-3-13-28-15-16-29(14-9-23(28)31)22(30)8-6-19-5-7-20(25)21(26)17-19/h5-8,17,32H,2-4,9-16,18H2,1H3/b8-6+. The van der Waals surface area contributed by atoms with Crippen LogP contribution in [0.15, 0.2) is 24.3 Å². The van der Waals surface area contributed by atoms with Crippen LogP contribution in [0.5, 0.6) is 0 Å². The van der Waals surface area contributed by atoms with Crippen molar-refractivity contribution < 1.29 is 14.7 Å². The highest BCUT2D eigenvalue weighted by molar-refractivity contribution is 6.42. The van der Waals surface area contributed by atoms with Gasteiger partial charge in [0.05, 0.1) is 15.6 Å². The van der Waals surface area contributed by atoms with Crippen molar-refractivity contribution >= 4 is 41.1 Å². The number of rotatable bonds is 7. The maximum Gasteiger partial charge on any atom is 0.246 e. The van der Waals surface area contributed by atoms with E-state index in [9.17, 15) is 14.7 Å². The molecule has 1 aromatic rings. The molecular weight excluding hydrogens is 449 g/mol. The van der Waals surface area contributed by atoms with Crippen molar-refractivity contribution in [1.29, 1.82) is 0 Å². The van der Waals surface area contributed by atoms with Crippen molar-refractivity contribution in [2.75, 3.05) is 45.8 Å². The lowest BCUT2D eigenvalue weighted by Crippen LogP contribution is -2.46. The highest BCUT2D eigenvalue weighted by atomic mass is 35.5. The maximum absolute atomic E-state index is 12.6. The summed E-state index contributed by atoms with van der Waals surface area (Å²) in [6, 6.07) is 5.22. The maximum atomic E-state index is 12.6. The predicted molar refractivity (Wildman–Crippen MR) is 129 cm³/mol. The van der Waals surface area contributed by atoms with Crippen LogP contribution in [0.2, 0.25) is 10.0 Å². The fourth-order valence-electron chi connectivity index (χ4n) is 4.36. The smallest absolute Gasteiger partial charge is 0.246 e. The largest absolute Gasteiger partial charge is 0.389 e. The number of piperidine rings is 1. The first kappa shape index (κ1) is 25.0. The first-order chi connectivity index (χ1) is 15.2. The van der Waals surface area contributed by atoms with Crippen molar-refractivity contribution in [2.24, 2.45) is 0 Å². The fraction of sp³-hybridized carbons (Fsp3) is 0.583. The second-order valence-corrected chi connectivity index (χ2v) is 9.86. The lowest BCUT2D eigenvalue weighted by molar-refractivity contribution is -0.130. The zero-order chi connectivity index (χ0) is 23.1. The van der Waals surface area contributed by atoms with Crippen LogP contribution in [0.1, 0.15) is 44.6 Å². The Morgan fingerprint density at radius 1 is 1.12 bits per heavy atom. The third kappa shape index (κ3) is 7.48. The average molecular weight is 482 g/mol. The molecule has 0 aromatic heterocycles. The number of hydrogen-bond acceptors (Lipinski definition) is 4. The van der Waals surface area contributed by atoms with Crippen LogP contribution in [0.4, 0.5) is 0 Å². The van der Waals surface area contributed by atoms with Gasteiger partial charge in [-0.05, 0) is 69.5 Å². The van der Waals surface area contributed by atoms with Crippen LogP contribution in [0.25, 0.3) is 6.08 Å². The minimum Gasteiger partial charge on any atom is -0.389 e. The van der Waals surface area contributed by atoms with Crippen LogP contribution < -0.4 is 0 Å². The summed E-state index contributed by atoms with van der Waals surface area (Å²) >= 11 is 11.9. The van der Waals surface area contributed by atoms with Crippen molar-refractivity contribution in [3.8, 4) is 0 Å². The van der Waals surface area contributed by atoms with E-state index in [1.165, 1.54) is 6.08 Å². The molecule has 2 amide bonds. The van der Waals surface area contributed by atoms with Gasteiger partial charge in [0.25, 0.3) is 0 Å². The highest BCUT2D eigenvalue weighted by Crippen LogP contribution is 2.23. The monoisotopic (exact) mass is 481 g/mol. The van der Waals surface area contributed by atoms with Gasteiger partial charge in [0.1, 0.15) is 0 Å². The number of halogens is 2. The molecule has 0 radical (unpaired) electrons. The van der Waals surface area contributed by atoms with Gasteiger partial charge < -0.3 is 19.8 Å². The Labute approximate surface area is 200 Å². The third-order valence-electron chi connectivity index (χ3n) is 6.17. The van der Waals surface area contributed by atoms with E-state index < -0.39 is 5.60 Å². The zero-order valence-electron chi connectivity index (χ0n) is 18.7. The number of amides is 2. The summed E-state index contributed by atoms with van der Waals surface area (Å²) in [5, 5.41) is 11.1. The van der Waals surface area contributed by atoms with Gasteiger partial charge in [-0.15, -0.1) is 0 Å². The molecule has 1 atom stereocenters. The quantitative estimate of drug-likeness (QED) is 0.476. The normalized spacial score (nSPS) is 23.1. The van der Waals surface area contributed by atoms with Gasteiger partial charge in [-0.25, -0.2) is 0 Å². The molecule has 8 heteroatoms. The summed E-state index contributed by atoms with van der Waals surface area (Å²) in [6.07, 6.45) is 7.40. The Hall–Kier alpha value is -1.60. The average Bonchev–Trinajstić information content (AvgIpc) is 2.93. The second kappa shape index (κ2) is 11.5. The number of benzene rings is 1. The molecule has 3 rings (SSSR count). The molecule has 176 valence electrons. The van der Waals surface area contributed by atoms with Crippen LogP contribution in [-0.2, 0) is 9.59 Å². The van der Waals surface area contributed by atoms with Crippen molar-refractivity contribution in [3.63, 3.8) is 0 Å². The zero-order valence-corrected chi connectivity index (χ0v) is 20.2. The summed E-state index contributed by atoms with van der Waals surface area (Å²) in [5.41, 5.74) is 0.221. The van der Waals surface area contributed by atoms with Crippen LogP contribution in [-0.4, -0.2) is 83.0 Å². The molecule has 0 bridgehead atoms. The Kier molecular flexibility index (Phi) is 9.00. The Morgan fingerprint density at radius 3 is 2.66 bits per heavy atom. The summed E-state index contributed by atoms with van der Waals surface area (Å²) in [4.78, 5) is 31.0. The first-order valence-electron chi connectivity index (χ1n) is 11.4. The van der Waals surface area contributed by atoms with Crippen molar-refractivity contribution in [2.45, 2.75) is 44.6 Å². The van der Waals surface area contributed by atoms with Gasteiger partial charge in [0.2, 0.25) is 11.8 Å². The third-order valence-corrected chi connectivity index (χ3v) is 6.91. The molecule has 0 spiro atoms. The summed E-state index contributed by atoms with van der Waals surface area (Å²) in [7, 11) is 0.